The van der Waals surface area contributed by atoms with Gasteiger partial charge in [0.05, 0.1) is 12.5 Å². The molecule has 164 valence electrons. The van der Waals surface area contributed by atoms with Crippen LogP contribution in [0.1, 0.15) is 43.8 Å². The fraction of sp³-hybridized carbons (Fsp3) is 0.375. The lowest BCUT2D eigenvalue weighted by Crippen LogP contribution is -2.39. The van der Waals surface area contributed by atoms with E-state index in [4.69, 9.17) is 5.26 Å². The average Bonchev–Trinajstić information content (AvgIpc) is 3.28. The predicted octanol–water partition coefficient (Wildman–Crippen LogP) is 3.16. The summed E-state index contributed by atoms with van der Waals surface area (Å²) in [6.07, 6.45) is 4.18. The molecule has 0 N–H and O–H groups in total. The van der Waals surface area contributed by atoms with E-state index in [1.54, 1.807) is 4.90 Å². The second-order valence-electron chi connectivity index (χ2n) is 7.93. The van der Waals surface area contributed by atoms with Gasteiger partial charge in [0, 0.05) is 50.3 Å². The number of rotatable bonds is 7. The molecule has 8 heteroatoms. The zero-order valence-electron chi connectivity index (χ0n) is 17.9. The first-order chi connectivity index (χ1) is 15.7. The molecule has 0 saturated carbocycles. The van der Waals surface area contributed by atoms with Gasteiger partial charge < -0.3 is 9.80 Å². The summed E-state index contributed by atoms with van der Waals surface area (Å²) >= 11 is 0. The molecule has 0 radical (unpaired) electrons. The van der Waals surface area contributed by atoms with Crippen molar-refractivity contribution in [2.45, 2.75) is 38.0 Å². The molecule has 0 unspecified atom stereocenters. The van der Waals surface area contributed by atoms with E-state index in [9.17, 15) is 9.59 Å². The van der Waals surface area contributed by atoms with Crippen molar-refractivity contribution in [1.29, 1.82) is 5.26 Å². The third-order valence-electron chi connectivity index (χ3n) is 5.92. The number of amides is 2. The Labute approximate surface area is 187 Å². The minimum Gasteiger partial charge on any atom is -0.343 e. The molecule has 1 fully saturated rings. The average molecular weight is 431 g/mol. The summed E-state index contributed by atoms with van der Waals surface area (Å²) in [5.41, 5.74) is 1.58. The number of likely N-dealkylation sites (tertiary alicyclic amines) is 1. The van der Waals surface area contributed by atoms with E-state index >= 15 is 0 Å². The number of nitriles is 1. The Morgan fingerprint density at radius 2 is 1.78 bits per heavy atom. The number of fused-ring (bicyclic) bond motifs is 1. The van der Waals surface area contributed by atoms with E-state index in [-0.39, 0.29) is 37.0 Å². The first kappa shape index (κ1) is 21.5. The predicted molar refractivity (Wildman–Crippen MR) is 120 cm³/mol. The molecule has 0 atom stereocenters. The van der Waals surface area contributed by atoms with Gasteiger partial charge in [-0.15, -0.1) is 10.2 Å². The van der Waals surface area contributed by atoms with Crippen molar-refractivity contribution >= 4 is 23.1 Å². The first-order valence-electron chi connectivity index (χ1n) is 11.0. The third kappa shape index (κ3) is 4.78. The highest BCUT2D eigenvalue weighted by Gasteiger charge is 2.27. The lowest BCUT2D eigenvalue weighted by atomic mass is 9.95. The second kappa shape index (κ2) is 10.1. The van der Waals surface area contributed by atoms with Crippen molar-refractivity contribution in [2.24, 2.45) is 0 Å². The van der Waals surface area contributed by atoms with Gasteiger partial charge in [0.1, 0.15) is 5.82 Å². The maximum atomic E-state index is 12.8. The van der Waals surface area contributed by atoms with E-state index in [2.05, 4.69) is 16.3 Å². The van der Waals surface area contributed by atoms with Crippen LogP contribution in [0, 0.1) is 11.3 Å². The summed E-state index contributed by atoms with van der Waals surface area (Å²) in [5.74, 6) is 1.07. The van der Waals surface area contributed by atoms with Gasteiger partial charge in [0.2, 0.25) is 11.8 Å². The summed E-state index contributed by atoms with van der Waals surface area (Å²) in [4.78, 5) is 29.0. The standard InChI is InChI=1S/C24H26N6O2/c25-14-6-16-29(20-7-2-1-3-8-20)23(32)11-10-22(31)28-17-12-19(13-18-28)24-27-26-21-9-4-5-15-30(21)24/h1-5,7-9,15,19H,6,10-13,16-18H2. The lowest BCUT2D eigenvalue weighted by Gasteiger charge is -2.31. The Hall–Kier alpha value is -3.73. The molecule has 1 saturated heterocycles. The normalized spacial score (nSPS) is 14.3. The zero-order valence-corrected chi connectivity index (χ0v) is 17.9. The van der Waals surface area contributed by atoms with Crippen molar-refractivity contribution in [3.05, 3.63) is 60.6 Å². The van der Waals surface area contributed by atoms with Crippen LogP contribution in [0.25, 0.3) is 5.65 Å². The number of carbonyl (C=O) groups is 2. The Morgan fingerprint density at radius 3 is 2.53 bits per heavy atom. The fourth-order valence-corrected chi connectivity index (χ4v) is 4.20. The third-order valence-corrected chi connectivity index (χ3v) is 5.92. The SMILES string of the molecule is N#CCCN(C(=O)CCC(=O)N1CCC(c2nnc3ccccn23)CC1)c1ccccc1. The van der Waals surface area contributed by atoms with E-state index in [0.717, 1.165) is 30.0 Å². The highest BCUT2D eigenvalue weighted by molar-refractivity contribution is 5.95. The van der Waals surface area contributed by atoms with Gasteiger partial charge in [-0.25, -0.2) is 0 Å². The van der Waals surface area contributed by atoms with Crippen LogP contribution in [-0.2, 0) is 9.59 Å². The van der Waals surface area contributed by atoms with Crippen LogP contribution in [-0.4, -0.2) is 50.9 Å². The first-order valence-corrected chi connectivity index (χ1v) is 11.0. The molecule has 0 aliphatic carbocycles. The molecular weight excluding hydrogens is 404 g/mol. The van der Waals surface area contributed by atoms with E-state index in [0.29, 0.717) is 19.6 Å². The van der Waals surface area contributed by atoms with Crippen LogP contribution in [0.4, 0.5) is 5.69 Å². The Balaban J connectivity index is 1.31. The maximum absolute atomic E-state index is 12.8. The quantitative estimate of drug-likeness (QED) is 0.574. The highest BCUT2D eigenvalue weighted by atomic mass is 16.2. The van der Waals surface area contributed by atoms with E-state index in [1.807, 2.05) is 64.0 Å². The molecule has 1 aromatic carbocycles. The van der Waals surface area contributed by atoms with Crippen LogP contribution >= 0.6 is 0 Å². The van der Waals surface area contributed by atoms with Crippen LogP contribution in [0.3, 0.4) is 0 Å². The minimum atomic E-state index is -0.135. The number of hydrogen-bond acceptors (Lipinski definition) is 5. The molecule has 1 aliphatic heterocycles. The van der Waals surface area contributed by atoms with Crippen molar-refractivity contribution in [3.63, 3.8) is 0 Å². The van der Waals surface area contributed by atoms with E-state index < -0.39 is 0 Å². The minimum absolute atomic E-state index is 0.00352. The smallest absolute Gasteiger partial charge is 0.227 e. The summed E-state index contributed by atoms with van der Waals surface area (Å²) in [6.45, 7) is 1.62. The summed E-state index contributed by atoms with van der Waals surface area (Å²) < 4.78 is 2.01. The van der Waals surface area contributed by atoms with Crippen LogP contribution in [0.5, 0.6) is 0 Å². The van der Waals surface area contributed by atoms with Gasteiger partial charge in [-0.1, -0.05) is 24.3 Å². The number of carbonyl (C=O) groups excluding carboxylic acids is 2. The monoisotopic (exact) mass is 430 g/mol. The van der Waals surface area contributed by atoms with Gasteiger partial charge in [-0.3, -0.25) is 14.0 Å². The van der Waals surface area contributed by atoms with Crippen molar-refractivity contribution < 1.29 is 9.59 Å². The Bertz CT molecular complexity index is 1110. The van der Waals surface area contributed by atoms with Crippen LogP contribution in [0.2, 0.25) is 0 Å². The van der Waals surface area contributed by atoms with Crippen molar-refractivity contribution in [1.82, 2.24) is 19.5 Å². The molecule has 0 bridgehead atoms. The molecule has 4 rings (SSSR count). The molecule has 2 amide bonds. The fourth-order valence-electron chi connectivity index (χ4n) is 4.20. The molecule has 3 aromatic rings. The molecule has 32 heavy (non-hydrogen) atoms. The van der Waals surface area contributed by atoms with Crippen molar-refractivity contribution in [2.75, 3.05) is 24.5 Å². The number of para-hydroxylation sites is 1. The number of piperidine rings is 1. The van der Waals surface area contributed by atoms with Gasteiger partial charge in [0.25, 0.3) is 0 Å². The number of hydrogen-bond donors (Lipinski definition) is 0. The summed E-state index contributed by atoms with van der Waals surface area (Å²) in [5, 5.41) is 17.5. The van der Waals surface area contributed by atoms with Crippen molar-refractivity contribution in [3.8, 4) is 6.07 Å². The van der Waals surface area contributed by atoms with Crippen LogP contribution in [0.15, 0.2) is 54.7 Å². The Morgan fingerprint density at radius 1 is 1.03 bits per heavy atom. The second-order valence-corrected chi connectivity index (χ2v) is 7.93. The van der Waals surface area contributed by atoms with E-state index in [1.165, 1.54) is 0 Å². The molecule has 2 aromatic heterocycles. The summed E-state index contributed by atoms with van der Waals surface area (Å²) in [7, 11) is 0. The molecular formula is C24H26N6O2. The number of pyridine rings is 1. The number of anilines is 1. The lowest BCUT2D eigenvalue weighted by molar-refractivity contribution is -0.134. The number of benzene rings is 1. The molecule has 8 nitrogen and oxygen atoms in total. The van der Waals surface area contributed by atoms with Gasteiger partial charge in [-0.2, -0.15) is 5.26 Å². The molecule has 3 heterocycles. The van der Waals surface area contributed by atoms with Gasteiger partial charge in [-0.05, 0) is 37.1 Å². The number of nitrogens with zero attached hydrogens (tertiary/aromatic N) is 6. The van der Waals surface area contributed by atoms with Gasteiger partial charge >= 0.3 is 0 Å². The zero-order chi connectivity index (χ0) is 22.3. The van der Waals surface area contributed by atoms with Crippen LogP contribution < -0.4 is 4.90 Å². The number of aromatic nitrogens is 3. The molecule has 0 spiro atoms. The summed E-state index contributed by atoms with van der Waals surface area (Å²) in [6, 6.07) is 17.2. The highest BCUT2D eigenvalue weighted by Crippen LogP contribution is 2.27. The largest absolute Gasteiger partial charge is 0.343 e. The topological polar surface area (TPSA) is 94.6 Å². The van der Waals surface area contributed by atoms with Gasteiger partial charge in [0.15, 0.2) is 5.65 Å². The molecule has 1 aliphatic rings. The Kier molecular flexibility index (Phi) is 6.75. The maximum Gasteiger partial charge on any atom is 0.227 e.